The van der Waals surface area contributed by atoms with Gasteiger partial charge in [-0.2, -0.15) is 59.7 Å². The van der Waals surface area contributed by atoms with Crippen molar-refractivity contribution in [2.75, 3.05) is 47.3 Å². The summed E-state index contributed by atoms with van der Waals surface area (Å²) < 4.78 is 214. The SMILES string of the molecule is CC(C)(C)C(=O)NCc1ccc(Cl)c(CC(=S)Nc2cc(C(=O)NC3CCC(C(F)(F)F)CC3)c(OCC(F)F)nc2N)c1Cl.CC(C)(C)C(=O)NCc1ccc(Cl)c(Cc2nc3nc(OCC(F)F)c(C(=O)NC4CCC(C(F)(F)F)CC4)cc3[nH]2)c1Cl.CC(C)(C)C(=O)NCc1ccc(Cl)c(SC#N)c1Cl.Nc1cc(C(=O)NC2CCC(C(F)(F)F)CC2)c(OCC(F)F)nc1N.[2H][I-]C. The van der Waals surface area contributed by atoms with E-state index in [2.05, 4.69) is 62.1 Å². The number of nitrogens with zero attached hydrogens (tertiary/aromatic N) is 5. The summed E-state index contributed by atoms with van der Waals surface area (Å²) in [5.41, 5.74) is 18.1. The molecule has 3 fully saturated rings. The number of pyridine rings is 3. The van der Waals surface area contributed by atoms with Crippen LogP contribution >= 0.6 is 93.6 Å². The van der Waals surface area contributed by atoms with Crippen LogP contribution in [-0.4, -0.2) is 147 Å². The van der Waals surface area contributed by atoms with Crippen molar-refractivity contribution < 1.29 is 131 Å². The zero-order valence-corrected chi connectivity index (χ0v) is 83.1. The molecule has 4 heterocycles. The fourth-order valence-electron chi connectivity index (χ4n) is 13.5. The van der Waals surface area contributed by atoms with E-state index < -0.39 is 139 Å². The summed E-state index contributed by atoms with van der Waals surface area (Å²) in [7, 11) is 0. The number of ether oxygens (including phenoxy) is 3. The number of alkyl halides is 16. The standard InChI is InChI=1S/C29H34Cl2F5N5O3S.C29H32Cl2F5N5O3.C15H19F5N4O2.C13H14Cl2N2OS.CH4I/c1-28(2,3)27(43)38-12-14-4-9-19(30)17(23(14)31)11-22(45)40-20-10-18(26(41-24(20)37)44-13-21(32)33)25(42)39-16-7-5-15(6-8-16)29(34,35)36;1-28(2,3)27(43)37-12-14-4-9-19(30)17(23(14)31)11-22-39-20-10-18(26(41-24(20)40-22)44-13-21(32)33)25(42)38-16-7-5-15(6-8-16)29(34,35)36;16-11(17)6-26-14-9(5-10(21)12(22)24-14)13(25)23-8-3-1-7(2-4-8)15(18,19)20;1-13(2,3)12(18)17-6-8-4-5-9(14)11(10(8)15)19-7-16;1-2/h4,9-10,15-16,21H,5-8,11-13H2,1-3H3,(H2,37,41)(H,38,43)(H,39,42)(H,40,45);4,9-10,15-16,21H,5-8,11-13H2,1-3H3,(H,37,43)(H,38,42)(H,39,40,41);5,7-8,11H,1-4,6,21H2,(H2,22,24)(H,23,25);4-5H,6H2,1-3H3,(H,17,18);2H,1H3/q;;;;-1/i;;;;2D. The summed E-state index contributed by atoms with van der Waals surface area (Å²) in [5, 5.41) is 32.0. The molecule has 0 bridgehead atoms. The zero-order chi connectivity index (χ0) is 103. The number of aromatic nitrogens is 5. The molecule has 3 aliphatic carbocycles. The number of thiocarbonyl (C=S) groups is 1. The van der Waals surface area contributed by atoms with E-state index in [1.54, 1.807) is 77.9 Å². The Balaban J connectivity index is 0.000000291. The molecular weight excluding hydrogens is 2100 g/mol. The van der Waals surface area contributed by atoms with Crippen molar-refractivity contribution in [3.8, 4) is 23.0 Å². The first-order valence-corrected chi connectivity index (χ1v) is 47.5. The normalized spacial score (nSPS) is 17.1. The van der Waals surface area contributed by atoms with E-state index in [0.717, 1.165) is 23.4 Å². The summed E-state index contributed by atoms with van der Waals surface area (Å²) in [6.07, 6.45) is -21.3. The third-order valence-electron chi connectivity index (χ3n) is 21.0. The number of anilines is 4. The first-order valence-electron chi connectivity index (χ1n) is 42.2. The van der Waals surface area contributed by atoms with E-state index in [4.69, 9.17) is 119 Å². The van der Waals surface area contributed by atoms with E-state index in [9.17, 15) is 94.6 Å². The summed E-state index contributed by atoms with van der Waals surface area (Å²) in [5.74, 6) is -8.19. The van der Waals surface area contributed by atoms with E-state index in [1.807, 2.05) is 31.1 Å². The summed E-state index contributed by atoms with van der Waals surface area (Å²) in [6, 6.07) is 12.2. The van der Waals surface area contributed by atoms with Gasteiger partial charge >= 0.3 is 46.4 Å². The number of rotatable bonds is 27. The van der Waals surface area contributed by atoms with Crippen LogP contribution in [0.1, 0.15) is 204 Å². The minimum atomic E-state index is -4.32. The average molecular weight is 2210 g/mol. The molecular formula is C87H103Cl6F15IN16O9S2-. The van der Waals surface area contributed by atoms with Crippen LogP contribution in [0.4, 0.5) is 88.9 Å². The first kappa shape index (κ1) is 114. The number of nitrogen functional groups attached to an aromatic ring is 3. The van der Waals surface area contributed by atoms with Crippen LogP contribution in [0, 0.1) is 44.7 Å². The van der Waals surface area contributed by atoms with Gasteiger partial charge in [0, 0.05) is 76.9 Å². The molecule has 10 rings (SSSR count). The molecule has 0 saturated heterocycles. The van der Waals surface area contributed by atoms with Gasteiger partial charge in [0.15, 0.2) is 37.1 Å². The first-order chi connectivity index (χ1) is 63.6. The Morgan fingerprint density at radius 3 is 1.22 bits per heavy atom. The van der Waals surface area contributed by atoms with Gasteiger partial charge in [0.05, 0.1) is 64.6 Å². The van der Waals surface area contributed by atoms with Crippen molar-refractivity contribution in [2.45, 2.75) is 233 Å². The Bertz CT molecular complexity index is 5390. The number of hydrogen-bond acceptors (Lipinski definition) is 19. The number of amides is 6. The Hall–Kier alpha value is -8.65. The maximum absolute atomic E-state index is 13.2. The van der Waals surface area contributed by atoms with Gasteiger partial charge < -0.3 is 73.6 Å². The molecule has 25 nitrogen and oxygen atoms in total. The molecule has 7 aromatic rings. The minimum absolute atomic E-state index is 0.0150. The number of aromatic amines is 1. The van der Waals surface area contributed by atoms with Crippen molar-refractivity contribution in [1.29, 1.82) is 5.86 Å². The number of H-pyrrole nitrogens is 1. The van der Waals surface area contributed by atoms with Crippen LogP contribution in [0.3, 0.4) is 0 Å². The number of nitriles is 1. The van der Waals surface area contributed by atoms with E-state index >= 15 is 0 Å². The van der Waals surface area contributed by atoms with Crippen LogP contribution < -0.4 is 91.0 Å². The molecule has 0 atom stereocenters. The number of benzene rings is 3. The zero-order valence-electron chi connectivity index (χ0n) is 75.8. The van der Waals surface area contributed by atoms with E-state index in [-0.39, 0.29) is 210 Å². The van der Waals surface area contributed by atoms with Gasteiger partial charge in [-0.05, 0) is 153 Å². The van der Waals surface area contributed by atoms with Gasteiger partial charge in [-0.1, -0.05) is 162 Å². The Labute approximate surface area is 828 Å². The molecule has 0 radical (unpaired) electrons. The number of hydrogen-bond donors (Lipinski definition) is 11. The van der Waals surface area contributed by atoms with Crippen LogP contribution in [0.2, 0.25) is 30.1 Å². The van der Waals surface area contributed by atoms with Crippen LogP contribution in [-0.2, 0) is 46.9 Å². The average Bonchev–Trinajstić information content (AvgIpc) is 1.70. The van der Waals surface area contributed by atoms with Gasteiger partial charge in [0.2, 0.25) is 35.4 Å². The van der Waals surface area contributed by atoms with E-state index in [1.165, 1.54) is 12.1 Å². The predicted molar refractivity (Wildman–Crippen MR) is 493 cm³/mol. The number of nitrogens with two attached hydrogens (primary N) is 3. The number of nitrogens with one attached hydrogen (secondary N) is 8. The van der Waals surface area contributed by atoms with Crippen LogP contribution in [0.5, 0.6) is 17.6 Å². The molecule has 49 heteroatoms. The molecule has 3 saturated carbocycles. The maximum atomic E-state index is 13.2. The number of carbonyl (C=O) groups is 6. The molecule has 3 aliphatic rings. The second-order valence-electron chi connectivity index (χ2n) is 34.5. The van der Waals surface area contributed by atoms with Crippen molar-refractivity contribution in [2.24, 2.45) is 34.0 Å². The molecule has 136 heavy (non-hydrogen) atoms. The third-order valence-corrected chi connectivity index (χ3v) is 24.6. The quantitative estimate of drug-likeness (QED) is 0.00569. The van der Waals surface area contributed by atoms with Gasteiger partial charge in [0.1, 0.15) is 27.9 Å². The van der Waals surface area contributed by atoms with Crippen molar-refractivity contribution in [3.05, 3.63) is 135 Å². The van der Waals surface area contributed by atoms with Crippen molar-refractivity contribution in [1.82, 2.24) is 56.8 Å². The van der Waals surface area contributed by atoms with Gasteiger partial charge in [-0.3, -0.25) is 28.8 Å². The topological polar surface area (TPSA) is 384 Å². The Morgan fingerprint density at radius 1 is 0.515 bits per heavy atom. The number of fused-ring (bicyclic) bond motifs is 1. The fourth-order valence-corrected chi connectivity index (χ4v) is 16.0. The van der Waals surface area contributed by atoms with E-state index in [0.29, 0.717) is 64.6 Å². The van der Waals surface area contributed by atoms with Crippen molar-refractivity contribution in [3.63, 3.8) is 0 Å². The Morgan fingerprint density at radius 2 is 0.853 bits per heavy atom. The molecule has 0 spiro atoms. The molecule has 0 unspecified atom stereocenters. The second-order valence-corrected chi connectivity index (χ2v) is 38.2. The Kier molecular flexibility index (Phi) is 43.3. The monoisotopic (exact) mass is 2200 g/mol. The number of thiocyanates is 1. The molecule has 6 amide bonds. The number of thioether (sulfide) groups is 1. The molecule has 4 aromatic heterocycles. The van der Waals surface area contributed by atoms with Crippen LogP contribution in [0.25, 0.3) is 11.2 Å². The van der Waals surface area contributed by atoms with Gasteiger partial charge in [0.25, 0.3) is 37.0 Å². The molecule has 3 aromatic carbocycles. The molecule has 0 aliphatic heterocycles. The summed E-state index contributed by atoms with van der Waals surface area (Å²) in [4.78, 5) is 97.0. The third kappa shape index (κ3) is 35.6. The van der Waals surface area contributed by atoms with Gasteiger partial charge in [-0.15, -0.1) is 0 Å². The molecule has 14 N–H and O–H groups in total. The fraction of sp³-hybridized carbons (Fsp3) is 0.517. The van der Waals surface area contributed by atoms with Gasteiger partial charge in [-0.25, -0.2) is 31.3 Å². The predicted octanol–water partition coefficient (Wildman–Crippen LogP) is 18.0. The van der Waals surface area contributed by atoms with Crippen LogP contribution in [0.15, 0.2) is 59.5 Å². The summed E-state index contributed by atoms with van der Waals surface area (Å²) in [6.45, 7) is 13.7. The number of halogens is 22. The van der Waals surface area contributed by atoms with Crippen molar-refractivity contribution >= 4 is 168 Å². The second kappa shape index (κ2) is 51.5. The molecule has 752 valence electrons. The summed E-state index contributed by atoms with van der Waals surface area (Å²) >= 11 is 44.5. The number of carbonyl (C=O) groups excluding carboxylic acids is 6. The number of imidazole rings is 1.